The Bertz CT molecular complexity index is 430. The van der Waals surface area contributed by atoms with Gasteiger partial charge in [-0.25, -0.2) is 4.98 Å². The fourth-order valence-electron chi connectivity index (χ4n) is 1.49. The van der Waals surface area contributed by atoms with Crippen LogP contribution in [0.5, 0.6) is 0 Å². The predicted octanol–water partition coefficient (Wildman–Crippen LogP) is 3.09. The van der Waals surface area contributed by atoms with Crippen LogP contribution >= 0.6 is 22.6 Å². The van der Waals surface area contributed by atoms with Gasteiger partial charge in [0.15, 0.2) is 0 Å². The molecule has 0 fully saturated rings. The Morgan fingerprint density at radius 1 is 1.38 bits per heavy atom. The lowest BCUT2D eigenvalue weighted by Crippen LogP contribution is -2.22. The topological polar surface area (TPSA) is 45.8 Å². The minimum absolute atomic E-state index is 0.0152. The summed E-state index contributed by atoms with van der Waals surface area (Å²) in [6, 6.07) is 0. The Labute approximate surface area is 110 Å². The first-order valence-electron chi connectivity index (χ1n) is 5.49. The van der Waals surface area contributed by atoms with Crippen molar-refractivity contribution in [3.8, 4) is 0 Å². The average Bonchev–Trinajstić information content (AvgIpc) is 2.07. The van der Waals surface area contributed by atoms with Gasteiger partial charge >= 0.3 is 0 Å². The summed E-state index contributed by atoms with van der Waals surface area (Å²) in [5.74, 6) is 1.08. The number of hydrogen-bond acceptors (Lipinski definition) is 2. The Morgan fingerprint density at radius 3 is 2.38 bits per heavy atom. The lowest BCUT2D eigenvalue weighted by atomic mass is 9.92. The molecule has 0 saturated carbocycles. The number of aromatic nitrogens is 2. The highest BCUT2D eigenvalue weighted by molar-refractivity contribution is 14.1. The van der Waals surface area contributed by atoms with Crippen molar-refractivity contribution in [1.82, 2.24) is 9.97 Å². The van der Waals surface area contributed by atoms with Gasteiger partial charge in [0.05, 0.1) is 9.26 Å². The second-order valence-corrected chi connectivity index (χ2v) is 6.68. The van der Waals surface area contributed by atoms with Crippen molar-refractivity contribution in [1.29, 1.82) is 0 Å². The minimum atomic E-state index is -0.0152. The maximum absolute atomic E-state index is 11.7. The molecule has 1 heterocycles. The molecular weight excluding hydrogens is 315 g/mol. The molecule has 0 radical (unpaired) electrons. The number of halogens is 1. The van der Waals surface area contributed by atoms with E-state index < -0.39 is 0 Å². The number of aromatic amines is 1. The molecule has 4 heteroatoms. The highest BCUT2D eigenvalue weighted by Crippen LogP contribution is 2.20. The molecule has 0 saturated heterocycles. The van der Waals surface area contributed by atoms with E-state index >= 15 is 0 Å². The molecule has 3 nitrogen and oxygen atoms in total. The molecule has 0 aromatic carbocycles. The van der Waals surface area contributed by atoms with Gasteiger partial charge in [0.2, 0.25) is 0 Å². The van der Waals surface area contributed by atoms with Crippen molar-refractivity contribution in [2.45, 2.75) is 47.0 Å². The van der Waals surface area contributed by atoms with Crippen LogP contribution in [0.25, 0.3) is 0 Å². The highest BCUT2D eigenvalue weighted by Gasteiger charge is 2.17. The molecule has 16 heavy (non-hydrogen) atoms. The van der Waals surface area contributed by atoms with Gasteiger partial charge in [-0.15, -0.1) is 0 Å². The second-order valence-electron chi connectivity index (χ2n) is 5.60. The quantitative estimate of drug-likeness (QED) is 0.845. The van der Waals surface area contributed by atoms with E-state index in [9.17, 15) is 4.79 Å². The molecule has 0 bridgehead atoms. The maximum atomic E-state index is 11.7. The second kappa shape index (κ2) is 4.85. The van der Waals surface area contributed by atoms with Gasteiger partial charge in [0.25, 0.3) is 5.56 Å². The molecule has 0 aliphatic heterocycles. The van der Waals surface area contributed by atoms with Gasteiger partial charge in [0, 0.05) is 6.42 Å². The summed E-state index contributed by atoms with van der Waals surface area (Å²) in [4.78, 5) is 19.2. The summed E-state index contributed by atoms with van der Waals surface area (Å²) >= 11 is 2.07. The van der Waals surface area contributed by atoms with Crippen LogP contribution in [0.2, 0.25) is 0 Å². The summed E-state index contributed by atoms with van der Waals surface area (Å²) in [7, 11) is 0. The zero-order chi connectivity index (χ0) is 12.5. The van der Waals surface area contributed by atoms with Crippen LogP contribution in [0.3, 0.4) is 0 Å². The molecule has 1 aromatic heterocycles. The van der Waals surface area contributed by atoms with E-state index in [0.717, 1.165) is 17.9 Å². The van der Waals surface area contributed by atoms with Gasteiger partial charge in [-0.3, -0.25) is 4.79 Å². The van der Waals surface area contributed by atoms with E-state index in [1.807, 2.05) is 0 Å². The van der Waals surface area contributed by atoms with Crippen LogP contribution < -0.4 is 5.56 Å². The van der Waals surface area contributed by atoms with Gasteiger partial charge in [0.1, 0.15) is 5.82 Å². The van der Waals surface area contributed by atoms with Crippen LogP contribution in [-0.2, 0) is 6.42 Å². The Morgan fingerprint density at radius 2 is 1.94 bits per heavy atom. The van der Waals surface area contributed by atoms with Crippen molar-refractivity contribution >= 4 is 22.6 Å². The molecule has 0 amide bonds. The molecule has 1 rings (SSSR count). The minimum Gasteiger partial charge on any atom is -0.310 e. The molecular formula is C12H19IN2O. The van der Waals surface area contributed by atoms with Gasteiger partial charge in [-0.05, 0) is 33.9 Å². The molecule has 90 valence electrons. The summed E-state index contributed by atoms with van der Waals surface area (Å²) in [5.41, 5.74) is 1.03. The van der Waals surface area contributed by atoms with Gasteiger partial charge < -0.3 is 4.98 Å². The summed E-state index contributed by atoms with van der Waals surface area (Å²) in [6.07, 6.45) is 0.791. The van der Waals surface area contributed by atoms with Crippen molar-refractivity contribution in [3.05, 3.63) is 25.4 Å². The molecule has 0 aliphatic carbocycles. The summed E-state index contributed by atoms with van der Waals surface area (Å²) in [6.45, 7) is 10.5. The van der Waals surface area contributed by atoms with Crippen molar-refractivity contribution < 1.29 is 0 Å². The zero-order valence-electron chi connectivity index (χ0n) is 10.5. The lowest BCUT2D eigenvalue weighted by molar-refractivity contribution is 0.399. The van der Waals surface area contributed by atoms with E-state index in [2.05, 4.69) is 67.2 Å². The Balaban J connectivity index is 3.20. The predicted molar refractivity (Wildman–Crippen MR) is 74.8 cm³/mol. The molecule has 0 unspecified atom stereocenters. The fourth-order valence-corrected chi connectivity index (χ4v) is 2.37. The molecule has 1 aromatic rings. The van der Waals surface area contributed by atoms with Gasteiger partial charge in [-0.1, -0.05) is 34.6 Å². The molecule has 0 spiro atoms. The number of rotatable bonds is 2. The van der Waals surface area contributed by atoms with Crippen molar-refractivity contribution in [2.75, 3.05) is 0 Å². The molecule has 0 atom stereocenters. The van der Waals surface area contributed by atoms with E-state index in [4.69, 9.17) is 0 Å². The number of hydrogen-bond donors (Lipinski definition) is 1. The van der Waals surface area contributed by atoms with E-state index in [0.29, 0.717) is 3.57 Å². The number of nitrogens with zero attached hydrogens (tertiary/aromatic N) is 1. The third-order valence-corrected chi connectivity index (χ3v) is 3.22. The third-order valence-electron chi connectivity index (χ3n) is 2.18. The van der Waals surface area contributed by atoms with E-state index in [1.165, 1.54) is 0 Å². The van der Waals surface area contributed by atoms with Crippen molar-refractivity contribution in [2.24, 2.45) is 5.41 Å². The third kappa shape index (κ3) is 3.57. The number of nitrogens with one attached hydrogen (secondary N) is 1. The first-order chi connectivity index (χ1) is 7.20. The normalized spacial score (nSPS) is 12.2. The number of H-pyrrole nitrogens is 1. The van der Waals surface area contributed by atoms with E-state index in [1.54, 1.807) is 0 Å². The Kier molecular flexibility index (Phi) is 4.15. The first kappa shape index (κ1) is 13.7. The largest absolute Gasteiger partial charge is 0.310 e. The Hall–Kier alpha value is -0.390. The maximum Gasteiger partial charge on any atom is 0.264 e. The van der Waals surface area contributed by atoms with Crippen LogP contribution in [0.1, 0.15) is 52.1 Å². The van der Waals surface area contributed by atoms with E-state index in [-0.39, 0.29) is 16.9 Å². The molecule has 1 N–H and O–H groups in total. The van der Waals surface area contributed by atoms with Crippen molar-refractivity contribution in [3.63, 3.8) is 0 Å². The summed E-state index contributed by atoms with van der Waals surface area (Å²) < 4.78 is 0.713. The first-order valence-corrected chi connectivity index (χ1v) is 6.57. The zero-order valence-corrected chi connectivity index (χ0v) is 12.7. The molecule has 0 aliphatic rings. The lowest BCUT2D eigenvalue weighted by Gasteiger charge is -2.18. The monoisotopic (exact) mass is 334 g/mol. The highest BCUT2D eigenvalue weighted by atomic mass is 127. The van der Waals surface area contributed by atoms with Gasteiger partial charge in [-0.2, -0.15) is 0 Å². The smallest absolute Gasteiger partial charge is 0.264 e. The van der Waals surface area contributed by atoms with Crippen LogP contribution in [0.4, 0.5) is 0 Å². The summed E-state index contributed by atoms with van der Waals surface area (Å²) in [5, 5.41) is 0. The standard InChI is InChI=1S/C12H19IN2O/c1-7(2)10-9(13)11(16)15-8(14-10)6-12(3,4)5/h7H,6H2,1-5H3,(H,14,15,16). The van der Waals surface area contributed by atoms with Crippen LogP contribution in [0, 0.1) is 8.99 Å². The van der Waals surface area contributed by atoms with Crippen LogP contribution in [-0.4, -0.2) is 9.97 Å². The van der Waals surface area contributed by atoms with Crippen LogP contribution in [0.15, 0.2) is 4.79 Å². The SMILES string of the molecule is CC(C)c1nc(CC(C)(C)C)[nH]c(=O)c1I. The fraction of sp³-hybridized carbons (Fsp3) is 0.667. The average molecular weight is 334 g/mol.